The Morgan fingerprint density at radius 2 is 1.86 bits per heavy atom. The van der Waals surface area contributed by atoms with Gasteiger partial charge in [-0.15, -0.1) is 22.0 Å². The number of hydrogen-bond acceptors (Lipinski definition) is 5. The van der Waals surface area contributed by atoms with Gasteiger partial charge in [-0.25, -0.2) is 0 Å². The Labute approximate surface area is 184 Å². The topological polar surface area (TPSA) is 59.2 Å². The van der Waals surface area contributed by atoms with E-state index in [9.17, 15) is 4.79 Å². The molecule has 8 heteroatoms. The van der Waals surface area contributed by atoms with E-state index in [1.165, 1.54) is 11.8 Å². The van der Waals surface area contributed by atoms with Crippen LogP contribution in [0.5, 0.6) is 0 Å². The van der Waals surface area contributed by atoms with Crippen molar-refractivity contribution in [2.24, 2.45) is 0 Å². The molecule has 0 saturated carbocycles. The van der Waals surface area contributed by atoms with Crippen LogP contribution in [0, 0.1) is 0 Å². The van der Waals surface area contributed by atoms with Gasteiger partial charge in [0.2, 0.25) is 17.7 Å². The summed E-state index contributed by atoms with van der Waals surface area (Å²) >= 11 is 13.6. The predicted molar refractivity (Wildman–Crippen MR) is 117 cm³/mol. The molecule has 2 aromatic carbocycles. The lowest BCUT2D eigenvalue weighted by molar-refractivity contribution is -0.131. The molecule has 0 spiro atoms. The van der Waals surface area contributed by atoms with Crippen molar-refractivity contribution < 1.29 is 9.21 Å². The Bertz CT molecular complexity index is 963. The van der Waals surface area contributed by atoms with E-state index in [0.29, 0.717) is 33.9 Å². The Morgan fingerprint density at radius 1 is 1.14 bits per heavy atom. The first-order chi connectivity index (χ1) is 14.0. The quantitative estimate of drug-likeness (QED) is 0.396. The largest absolute Gasteiger partial charge is 0.419 e. The summed E-state index contributed by atoms with van der Waals surface area (Å²) in [5, 5.41) is 9.14. The second-order valence-electron chi connectivity index (χ2n) is 6.45. The maximum absolute atomic E-state index is 13.0. The van der Waals surface area contributed by atoms with E-state index in [1.807, 2.05) is 56.3 Å². The summed E-state index contributed by atoms with van der Waals surface area (Å²) in [5.41, 5.74) is 0.674. The van der Waals surface area contributed by atoms with Crippen LogP contribution in [-0.2, 0) is 11.3 Å². The van der Waals surface area contributed by atoms with Gasteiger partial charge in [-0.1, -0.05) is 42.3 Å². The van der Waals surface area contributed by atoms with Gasteiger partial charge in [-0.05, 0) is 49.7 Å². The minimum atomic E-state index is -0.256. The monoisotopic (exact) mass is 449 g/mol. The molecule has 1 unspecified atom stereocenters. The van der Waals surface area contributed by atoms with E-state index < -0.39 is 0 Å². The summed E-state index contributed by atoms with van der Waals surface area (Å²) in [6, 6.07) is 14.7. The number of benzene rings is 2. The third kappa shape index (κ3) is 5.75. The molecule has 3 rings (SSSR count). The molecule has 1 aromatic heterocycles. The smallest absolute Gasteiger partial charge is 0.249 e. The van der Waals surface area contributed by atoms with Crippen molar-refractivity contribution in [3.63, 3.8) is 0 Å². The van der Waals surface area contributed by atoms with Crippen LogP contribution >= 0.6 is 35.0 Å². The Morgan fingerprint density at radius 3 is 2.55 bits per heavy atom. The predicted octanol–water partition coefficient (Wildman–Crippen LogP) is 5.96. The third-order valence-corrected chi connectivity index (χ3v) is 5.86. The van der Waals surface area contributed by atoms with Crippen molar-refractivity contribution in [3.8, 4) is 11.5 Å². The van der Waals surface area contributed by atoms with Crippen molar-refractivity contribution in [2.45, 2.75) is 37.0 Å². The maximum Gasteiger partial charge on any atom is 0.249 e. The second kappa shape index (κ2) is 10.1. The van der Waals surface area contributed by atoms with Crippen LogP contribution in [0.4, 0.5) is 0 Å². The number of aromatic nitrogens is 2. The molecule has 152 valence electrons. The van der Waals surface area contributed by atoms with Gasteiger partial charge in [0.1, 0.15) is 0 Å². The number of nitrogens with zero attached hydrogens (tertiary/aromatic N) is 3. The molecular formula is C21H21Cl2N3O2S. The lowest BCUT2D eigenvalue weighted by atomic mass is 10.2. The number of halogens is 2. The van der Waals surface area contributed by atoms with Crippen molar-refractivity contribution in [3.05, 3.63) is 64.5 Å². The van der Waals surface area contributed by atoms with E-state index in [4.69, 9.17) is 27.6 Å². The number of hydrogen-bond donors (Lipinski definition) is 0. The zero-order chi connectivity index (χ0) is 20.8. The molecule has 0 radical (unpaired) electrons. The lowest BCUT2D eigenvalue weighted by Gasteiger charge is -2.23. The number of thioether (sulfide) groups is 1. The van der Waals surface area contributed by atoms with Crippen LogP contribution < -0.4 is 0 Å². The molecule has 0 bridgehead atoms. The zero-order valence-electron chi connectivity index (χ0n) is 16.1. The summed E-state index contributed by atoms with van der Waals surface area (Å²) in [7, 11) is 0. The van der Waals surface area contributed by atoms with E-state index in [0.717, 1.165) is 11.3 Å². The fourth-order valence-corrected chi connectivity index (χ4v) is 4.08. The highest BCUT2D eigenvalue weighted by Gasteiger charge is 2.23. The van der Waals surface area contributed by atoms with Gasteiger partial charge in [-0.2, -0.15) is 0 Å². The van der Waals surface area contributed by atoms with Crippen molar-refractivity contribution in [2.75, 3.05) is 6.54 Å². The molecule has 0 aliphatic rings. The Balaban J connectivity index is 1.70. The molecule has 0 aliphatic heterocycles. The molecular weight excluding hydrogens is 429 g/mol. The second-order valence-corrected chi connectivity index (χ2v) is 8.71. The number of amides is 1. The highest BCUT2D eigenvalue weighted by Crippen LogP contribution is 2.28. The van der Waals surface area contributed by atoms with Crippen LogP contribution in [0.15, 0.2) is 57.8 Å². The average molecular weight is 450 g/mol. The first-order valence-corrected chi connectivity index (χ1v) is 10.9. The molecule has 1 atom stereocenters. The van der Waals surface area contributed by atoms with Crippen molar-refractivity contribution >= 4 is 40.9 Å². The summed E-state index contributed by atoms with van der Waals surface area (Å²) < 4.78 is 5.77. The molecule has 0 saturated heterocycles. The fourth-order valence-electron chi connectivity index (χ4n) is 2.79. The molecule has 5 nitrogen and oxygen atoms in total. The van der Waals surface area contributed by atoms with Crippen LogP contribution in [-0.4, -0.2) is 32.8 Å². The van der Waals surface area contributed by atoms with Gasteiger partial charge >= 0.3 is 0 Å². The van der Waals surface area contributed by atoms with Crippen molar-refractivity contribution in [1.82, 2.24) is 15.1 Å². The van der Waals surface area contributed by atoms with Gasteiger partial charge in [0.15, 0.2) is 0 Å². The minimum Gasteiger partial charge on any atom is -0.419 e. The first kappa shape index (κ1) is 21.7. The molecule has 1 heterocycles. The van der Waals surface area contributed by atoms with Crippen LogP contribution in [0.3, 0.4) is 0 Å². The van der Waals surface area contributed by atoms with Crippen LogP contribution in [0.1, 0.15) is 26.2 Å². The van der Waals surface area contributed by atoms with E-state index >= 15 is 0 Å². The molecule has 1 amide bonds. The summed E-state index contributed by atoms with van der Waals surface area (Å²) in [5.74, 6) is 0.743. The average Bonchev–Trinajstić information content (AvgIpc) is 3.17. The maximum atomic E-state index is 13.0. The SMILES string of the molecule is CCCN(Cc1nnc(-c2ccccc2Cl)o1)C(=O)C(C)Sc1ccc(Cl)cc1. The third-order valence-electron chi connectivity index (χ3n) is 4.18. The van der Waals surface area contributed by atoms with Gasteiger partial charge in [0.05, 0.1) is 22.4 Å². The molecule has 3 aromatic rings. The first-order valence-electron chi connectivity index (χ1n) is 9.26. The number of carbonyl (C=O) groups is 1. The summed E-state index contributed by atoms with van der Waals surface area (Å²) in [4.78, 5) is 15.7. The highest BCUT2D eigenvalue weighted by atomic mass is 35.5. The minimum absolute atomic E-state index is 0.0179. The van der Waals surface area contributed by atoms with Gasteiger partial charge in [0.25, 0.3) is 0 Å². The molecule has 29 heavy (non-hydrogen) atoms. The number of rotatable bonds is 8. The van der Waals surface area contributed by atoms with Gasteiger partial charge in [0, 0.05) is 16.5 Å². The van der Waals surface area contributed by atoms with E-state index in [1.54, 1.807) is 11.0 Å². The Hall–Kier alpha value is -2.02. The lowest BCUT2D eigenvalue weighted by Crippen LogP contribution is -2.36. The molecule has 0 aliphatic carbocycles. The summed E-state index contributed by atoms with van der Waals surface area (Å²) in [6.45, 7) is 4.79. The zero-order valence-corrected chi connectivity index (χ0v) is 18.5. The van der Waals surface area contributed by atoms with Gasteiger partial charge < -0.3 is 9.32 Å². The van der Waals surface area contributed by atoms with Crippen LogP contribution in [0.2, 0.25) is 10.0 Å². The summed E-state index contributed by atoms with van der Waals surface area (Å²) in [6.07, 6.45) is 0.829. The van der Waals surface area contributed by atoms with Gasteiger partial charge in [-0.3, -0.25) is 4.79 Å². The fraction of sp³-hybridized carbons (Fsp3) is 0.286. The van der Waals surface area contributed by atoms with Crippen LogP contribution in [0.25, 0.3) is 11.5 Å². The highest BCUT2D eigenvalue weighted by molar-refractivity contribution is 8.00. The normalized spacial score (nSPS) is 12.0. The van der Waals surface area contributed by atoms with E-state index in [2.05, 4.69) is 10.2 Å². The molecule has 0 fully saturated rings. The number of carbonyl (C=O) groups excluding carboxylic acids is 1. The molecule has 0 N–H and O–H groups in total. The standard InChI is InChI=1S/C21H21Cl2N3O2S/c1-3-12-26(21(27)14(2)29-16-10-8-15(22)9-11-16)13-19-24-25-20(28-19)17-6-4-5-7-18(17)23/h4-11,14H,3,12-13H2,1-2H3. The van der Waals surface area contributed by atoms with E-state index in [-0.39, 0.29) is 17.7 Å². The Kier molecular flexibility index (Phi) is 7.58. The van der Waals surface area contributed by atoms with Crippen molar-refractivity contribution in [1.29, 1.82) is 0 Å².